The molecule has 2 aromatic heterocycles. The summed E-state index contributed by atoms with van der Waals surface area (Å²) in [6.07, 6.45) is 6.25. The smallest absolute Gasteiger partial charge is 0.410 e. The summed E-state index contributed by atoms with van der Waals surface area (Å²) in [5.41, 5.74) is -0.160. The minimum Gasteiger partial charge on any atom is -0.444 e. The van der Waals surface area contributed by atoms with Gasteiger partial charge < -0.3 is 14.5 Å². The molecule has 0 saturated carbocycles. The summed E-state index contributed by atoms with van der Waals surface area (Å²) >= 11 is 3.88. The Hall–Kier alpha value is -1.10. The molecule has 0 radical (unpaired) electrons. The van der Waals surface area contributed by atoms with Gasteiger partial charge in [-0.25, -0.2) is 14.3 Å². The predicted octanol–water partition coefficient (Wildman–Crippen LogP) is 4.01. The van der Waals surface area contributed by atoms with Crippen LogP contribution < -0.4 is 4.90 Å². The third-order valence-corrected chi connectivity index (χ3v) is 6.91. The van der Waals surface area contributed by atoms with E-state index in [0.717, 1.165) is 52.8 Å². The number of aromatic nitrogens is 3. The number of halogens is 1. The van der Waals surface area contributed by atoms with Gasteiger partial charge in [0.25, 0.3) is 0 Å². The van der Waals surface area contributed by atoms with E-state index in [1.54, 1.807) is 11.3 Å². The molecule has 148 valence electrons. The normalized spacial score (nSPS) is 20.4. The van der Waals surface area contributed by atoms with Crippen molar-refractivity contribution in [3.8, 4) is 0 Å². The number of imidazole rings is 1. The maximum Gasteiger partial charge on any atom is 0.410 e. The number of anilines is 1. The predicted molar refractivity (Wildman–Crippen MR) is 115 cm³/mol. The molecule has 2 fully saturated rings. The lowest BCUT2D eigenvalue weighted by Gasteiger charge is -2.47. The summed E-state index contributed by atoms with van der Waals surface area (Å²) in [4.78, 5) is 22.1. The van der Waals surface area contributed by atoms with Crippen LogP contribution in [0.2, 0.25) is 0 Å². The number of hydrogen-bond acceptors (Lipinski definition) is 6. The topological polar surface area (TPSA) is 63.0 Å². The Balaban J connectivity index is 1.41. The van der Waals surface area contributed by atoms with Crippen LogP contribution in [-0.4, -0.2) is 57.4 Å². The van der Waals surface area contributed by atoms with Gasteiger partial charge in [-0.2, -0.15) is 0 Å². The number of piperidine rings is 2. The van der Waals surface area contributed by atoms with Crippen molar-refractivity contribution in [2.24, 2.45) is 5.41 Å². The largest absolute Gasteiger partial charge is 0.444 e. The molecule has 0 aliphatic carbocycles. The molecule has 9 heteroatoms. The molecule has 0 bridgehead atoms. The lowest BCUT2D eigenvalue weighted by Crippen LogP contribution is -2.51. The van der Waals surface area contributed by atoms with E-state index >= 15 is 0 Å². The zero-order valence-electron chi connectivity index (χ0n) is 16.1. The maximum absolute atomic E-state index is 12.3. The van der Waals surface area contributed by atoms with Gasteiger partial charge in [0.05, 0.1) is 6.20 Å². The number of carbonyl (C=O) groups excluding carboxylic acids is 1. The van der Waals surface area contributed by atoms with Crippen LogP contribution in [0.5, 0.6) is 0 Å². The van der Waals surface area contributed by atoms with E-state index in [-0.39, 0.29) is 11.5 Å². The molecule has 7 nitrogen and oxygen atoms in total. The van der Waals surface area contributed by atoms with E-state index in [0.29, 0.717) is 0 Å². The second-order valence-electron chi connectivity index (χ2n) is 8.67. The average Bonchev–Trinajstić information content (AvgIpc) is 3.11. The van der Waals surface area contributed by atoms with Crippen molar-refractivity contribution in [2.45, 2.75) is 52.1 Å². The van der Waals surface area contributed by atoms with Gasteiger partial charge in [-0.3, -0.25) is 0 Å². The lowest BCUT2D eigenvalue weighted by atomic mass is 9.72. The van der Waals surface area contributed by atoms with Crippen molar-refractivity contribution in [1.82, 2.24) is 19.5 Å². The SMILES string of the molecule is CC(C)(C)OC(=O)N1CCC2(CCCN(c3nn4cc(I)nc4s3)C2)CC1. The Morgan fingerprint density at radius 1 is 1.26 bits per heavy atom. The Bertz CT molecular complexity index is 803. The van der Waals surface area contributed by atoms with Gasteiger partial charge in [0, 0.05) is 26.2 Å². The van der Waals surface area contributed by atoms with Gasteiger partial charge in [-0.05, 0) is 74.5 Å². The summed E-state index contributed by atoms with van der Waals surface area (Å²) in [5.74, 6) is 0. The number of nitrogens with zero attached hydrogens (tertiary/aromatic N) is 5. The fraction of sp³-hybridized carbons (Fsp3) is 0.722. The first-order chi connectivity index (χ1) is 12.7. The second-order valence-corrected chi connectivity index (χ2v) is 10.7. The molecule has 2 aromatic rings. The van der Waals surface area contributed by atoms with Crippen molar-refractivity contribution in [3.63, 3.8) is 0 Å². The van der Waals surface area contributed by atoms with Crippen LogP contribution in [0.4, 0.5) is 9.93 Å². The van der Waals surface area contributed by atoms with Crippen molar-refractivity contribution in [2.75, 3.05) is 31.1 Å². The maximum atomic E-state index is 12.3. The number of fused-ring (bicyclic) bond motifs is 1. The number of rotatable bonds is 1. The van der Waals surface area contributed by atoms with Crippen molar-refractivity contribution >= 4 is 50.1 Å². The number of carbonyl (C=O) groups is 1. The summed E-state index contributed by atoms with van der Waals surface area (Å²) in [5, 5.41) is 5.79. The van der Waals surface area contributed by atoms with Crippen molar-refractivity contribution < 1.29 is 9.53 Å². The fourth-order valence-electron chi connectivity index (χ4n) is 4.06. The van der Waals surface area contributed by atoms with E-state index in [2.05, 4.69) is 32.5 Å². The molecule has 2 aliphatic heterocycles. The minimum absolute atomic E-state index is 0.180. The Morgan fingerprint density at radius 2 is 2.00 bits per heavy atom. The van der Waals surface area contributed by atoms with E-state index in [4.69, 9.17) is 9.84 Å². The molecule has 0 N–H and O–H groups in total. The minimum atomic E-state index is -0.436. The molecule has 2 aliphatic rings. The lowest BCUT2D eigenvalue weighted by molar-refractivity contribution is 0.00816. The zero-order chi connectivity index (χ0) is 19.2. The molecular formula is C18H26IN5O2S. The molecule has 0 unspecified atom stereocenters. The number of hydrogen-bond donors (Lipinski definition) is 0. The van der Waals surface area contributed by atoms with Crippen LogP contribution in [-0.2, 0) is 4.74 Å². The van der Waals surface area contributed by atoms with E-state index in [1.807, 2.05) is 36.4 Å². The van der Waals surface area contributed by atoms with Crippen LogP contribution in [0, 0.1) is 9.12 Å². The number of likely N-dealkylation sites (tertiary alicyclic amines) is 1. The molecule has 0 atom stereocenters. The zero-order valence-corrected chi connectivity index (χ0v) is 19.0. The standard InChI is InChI=1S/C18H26IN5O2S/c1-17(2,3)26-16(25)22-9-6-18(7-10-22)5-4-8-23(12-18)15-21-24-11-13(19)20-14(24)27-15/h11H,4-10,12H2,1-3H3. The number of ether oxygens (including phenoxy) is 1. The summed E-state index contributed by atoms with van der Waals surface area (Å²) in [6, 6.07) is 0. The molecule has 1 amide bonds. The molecule has 2 saturated heterocycles. The molecule has 1 spiro atoms. The van der Waals surface area contributed by atoms with Crippen LogP contribution in [0.1, 0.15) is 46.5 Å². The van der Waals surface area contributed by atoms with Gasteiger partial charge in [-0.15, -0.1) is 5.10 Å². The van der Waals surface area contributed by atoms with E-state index < -0.39 is 5.60 Å². The monoisotopic (exact) mass is 503 g/mol. The van der Waals surface area contributed by atoms with Gasteiger partial charge in [0.1, 0.15) is 9.30 Å². The molecular weight excluding hydrogens is 477 g/mol. The van der Waals surface area contributed by atoms with Crippen LogP contribution in [0.15, 0.2) is 6.20 Å². The summed E-state index contributed by atoms with van der Waals surface area (Å²) in [7, 11) is 0. The Kier molecular flexibility index (Phi) is 5.02. The molecule has 27 heavy (non-hydrogen) atoms. The van der Waals surface area contributed by atoms with Gasteiger partial charge in [-0.1, -0.05) is 11.3 Å². The van der Waals surface area contributed by atoms with Crippen molar-refractivity contribution in [1.29, 1.82) is 0 Å². The summed E-state index contributed by atoms with van der Waals surface area (Å²) in [6.45, 7) is 9.38. The Morgan fingerprint density at radius 3 is 2.67 bits per heavy atom. The first kappa shape index (κ1) is 19.2. The van der Waals surface area contributed by atoms with Crippen LogP contribution >= 0.6 is 33.9 Å². The number of amides is 1. The highest BCUT2D eigenvalue weighted by Crippen LogP contribution is 2.42. The highest BCUT2D eigenvalue weighted by molar-refractivity contribution is 14.1. The van der Waals surface area contributed by atoms with Crippen molar-refractivity contribution in [3.05, 3.63) is 9.90 Å². The first-order valence-corrected chi connectivity index (χ1v) is 11.4. The molecule has 0 aromatic carbocycles. The van der Waals surface area contributed by atoms with E-state index in [9.17, 15) is 4.79 Å². The summed E-state index contributed by atoms with van der Waals surface area (Å²) < 4.78 is 8.39. The average molecular weight is 503 g/mol. The molecule has 4 rings (SSSR count). The van der Waals surface area contributed by atoms with Gasteiger partial charge >= 0.3 is 6.09 Å². The van der Waals surface area contributed by atoms with Crippen LogP contribution in [0.25, 0.3) is 4.96 Å². The second kappa shape index (κ2) is 7.06. The van der Waals surface area contributed by atoms with Crippen LogP contribution in [0.3, 0.4) is 0 Å². The Labute approximate surface area is 177 Å². The fourth-order valence-corrected chi connectivity index (χ4v) is 5.62. The van der Waals surface area contributed by atoms with Gasteiger partial charge in [0.2, 0.25) is 10.1 Å². The third-order valence-electron chi connectivity index (χ3n) is 5.41. The van der Waals surface area contributed by atoms with E-state index in [1.165, 1.54) is 12.8 Å². The highest BCUT2D eigenvalue weighted by Gasteiger charge is 2.40. The van der Waals surface area contributed by atoms with Gasteiger partial charge in [0.15, 0.2) is 0 Å². The third kappa shape index (κ3) is 4.18. The highest BCUT2D eigenvalue weighted by atomic mass is 127. The quantitative estimate of drug-likeness (QED) is 0.551. The molecule has 4 heterocycles. The first-order valence-electron chi connectivity index (χ1n) is 9.48.